The summed E-state index contributed by atoms with van der Waals surface area (Å²) in [7, 11) is 0. The van der Waals surface area contributed by atoms with E-state index in [-0.39, 0.29) is 5.91 Å². The van der Waals surface area contributed by atoms with Crippen molar-refractivity contribution in [1.29, 1.82) is 0 Å². The number of nitrogens with one attached hydrogen (secondary N) is 1. The fourth-order valence-electron chi connectivity index (χ4n) is 2.94. The molecule has 1 amide bonds. The van der Waals surface area contributed by atoms with Gasteiger partial charge in [-0.2, -0.15) is 0 Å². The van der Waals surface area contributed by atoms with E-state index in [9.17, 15) is 4.79 Å². The van der Waals surface area contributed by atoms with Crippen LogP contribution >= 0.6 is 11.3 Å². The number of benzene rings is 1. The molecule has 0 spiro atoms. The fraction of sp³-hybridized carbons (Fsp3) is 0.100. The molecule has 0 saturated heterocycles. The van der Waals surface area contributed by atoms with E-state index >= 15 is 0 Å². The van der Waals surface area contributed by atoms with Gasteiger partial charge in [0, 0.05) is 21.5 Å². The van der Waals surface area contributed by atoms with Crippen LogP contribution < -0.4 is 5.32 Å². The Kier molecular flexibility index (Phi) is 3.86. The van der Waals surface area contributed by atoms with Gasteiger partial charge in [0.15, 0.2) is 0 Å². The van der Waals surface area contributed by atoms with Crippen LogP contribution in [0.25, 0.3) is 16.9 Å². The van der Waals surface area contributed by atoms with Crippen molar-refractivity contribution < 1.29 is 4.79 Å². The summed E-state index contributed by atoms with van der Waals surface area (Å²) in [4.78, 5) is 19.7. The van der Waals surface area contributed by atoms with Crippen molar-refractivity contribution in [2.45, 2.75) is 13.8 Å². The molecule has 0 fully saturated rings. The zero-order valence-electron chi connectivity index (χ0n) is 14.0. The van der Waals surface area contributed by atoms with Gasteiger partial charge in [-0.05, 0) is 32.0 Å². The van der Waals surface area contributed by atoms with Crippen molar-refractivity contribution in [3.8, 4) is 11.3 Å². The average Bonchev–Trinajstić information content (AvgIpc) is 3.16. The summed E-state index contributed by atoms with van der Waals surface area (Å²) in [6.07, 6.45) is 1.91. The van der Waals surface area contributed by atoms with Crippen LogP contribution in [0.1, 0.15) is 20.1 Å². The van der Waals surface area contributed by atoms with E-state index in [2.05, 4.69) is 5.32 Å². The molecule has 5 heteroatoms. The van der Waals surface area contributed by atoms with Crippen molar-refractivity contribution in [3.05, 3.63) is 76.1 Å². The number of amides is 1. The Morgan fingerprint density at radius 2 is 1.84 bits per heavy atom. The number of aromatic nitrogens is 2. The predicted octanol–water partition coefficient (Wildman–Crippen LogP) is 4.93. The highest BCUT2D eigenvalue weighted by Gasteiger charge is 2.18. The molecular formula is C20H17N3OS. The van der Waals surface area contributed by atoms with Crippen molar-refractivity contribution in [1.82, 2.24) is 9.38 Å². The van der Waals surface area contributed by atoms with Crippen LogP contribution in [0.3, 0.4) is 0 Å². The lowest BCUT2D eigenvalue weighted by molar-refractivity contribution is 0.102. The van der Waals surface area contributed by atoms with Gasteiger partial charge in [0.25, 0.3) is 5.91 Å². The maximum absolute atomic E-state index is 12.8. The maximum atomic E-state index is 12.8. The number of nitrogens with zero attached hydrogens (tertiary/aromatic N) is 2. The minimum Gasteiger partial charge on any atom is -0.306 e. The summed E-state index contributed by atoms with van der Waals surface area (Å²) in [5.41, 5.74) is 3.26. The Morgan fingerprint density at radius 1 is 1.08 bits per heavy atom. The average molecular weight is 347 g/mol. The standard InChI is InChI=1S/C20H17N3OS/c1-13-12-16(14(2)25-13)20(24)22-19-18(15-8-4-3-5-9-15)21-17-10-6-7-11-23(17)19/h3-12H,1-2H3,(H,22,24). The SMILES string of the molecule is Cc1cc(C(=O)Nc2c(-c3ccccc3)nc3ccccn23)c(C)s1. The Labute approximate surface area is 149 Å². The molecule has 3 aromatic heterocycles. The number of imidazole rings is 1. The van der Waals surface area contributed by atoms with Gasteiger partial charge in [-0.25, -0.2) is 4.98 Å². The molecule has 0 unspecified atom stereocenters. The zero-order valence-corrected chi connectivity index (χ0v) is 14.8. The van der Waals surface area contributed by atoms with E-state index < -0.39 is 0 Å². The number of thiophene rings is 1. The van der Waals surface area contributed by atoms with Gasteiger partial charge < -0.3 is 5.32 Å². The lowest BCUT2D eigenvalue weighted by atomic mass is 10.1. The van der Waals surface area contributed by atoms with E-state index in [1.54, 1.807) is 11.3 Å². The van der Waals surface area contributed by atoms with E-state index in [0.717, 1.165) is 26.7 Å². The third kappa shape index (κ3) is 2.83. The summed E-state index contributed by atoms with van der Waals surface area (Å²) in [5.74, 6) is 0.583. The lowest BCUT2D eigenvalue weighted by Crippen LogP contribution is -2.14. The Balaban J connectivity index is 1.83. The van der Waals surface area contributed by atoms with Crippen LogP contribution in [-0.4, -0.2) is 15.3 Å². The minimum atomic E-state index is -0.107. The van der Waals surface area contributed by atoms with Gasteiger partial charge in [-0.1, -0.05) is 36.4 Å². The molecule has 0 saturated carbocycles. The van der Waals surface area contributed by atoms with Gasteiger partial charge >= 0.3 is 0 Å². The molecule has 3 heterocycles. The summed E-state index contributed by atoms with van der Waals surface area (Å²) < 4.78 is 1.91. The van der Waals surface area contributed by atoms with E-state index in [0.29, 0.717) is 11.4 Å². The number of pyridine rings is 1. The van der Waals surface area contributed by atoms with Crippen LogP contribution in [-0.2, 0) is 0 Å². The van der Waals surface area contributed by atoms with Crippen molar-refractivity contribution in [2.24, 2.45) is 0 Å². The topological polar surface area (TPSA) is 46.4 Å². The number of carbonyl (C=O) groups excluding carboxylic acids is 1. The number of carbonyl (C=O) groups is 1. The summed E-state index contributed by atoms with van der Waals surface area (Å²) in [5, 5.41) is 3.07. The van der Waals surface area contributed by atoms with E-state index in [4.69, 9.17) is 4.98 Å². The Hall–Kier alpha value is -2.92. The second-order valence-electron chi connectivity index (χ2n) is 5.88. The molecule has 0 bridgehead atoms. The molecule has 25 heavy (non-hydrogen) atoms. The normalized spacial score (nSPS) is 11.0. The maximum Gasteiger partial charge on any atom is 0.257 e. The number of fused-ring (bicyclic) bond motifs is 1. The molecule has 0 aliphatic carbocycles. The quantitative estimate of drug-likeness (QED) is 0.571. The first-order valence-electron chi connectivity index (χ1n) is 8.04. The van der Waals surface area contributed by atoms with Crippen LogP contribution in [0.2, 0.25) is 0 Å². The molecule has 0 aliphatic rings. The molecular weight excluding hydrogens is 330 g/mol. The third-order valence-corrected chi connectivity index (χ3v) is 5.06. The minimum absolute atomic E-state index is 0.107. The zero-order chi connectivity index (χ0) is 17.4. The third-order valence-electron chi connectivity index (χ3n) is 4.09. The highest BCUT2D eigenvalue weighted by molar-refractivity contribution is 7.12. The molecule has 124 valence electrons. The number of hydrogen-bond donors (Lipinski definition) is 1. The molecule has 0 atom stereocenters. The second-order valence-corrected chi connectivity index (χ2v) is 7.35. The fourth-order valence-corrected chi connectivity index (χ4v) is 3.87. The van der Waals surface area contributed by atoms with E-state index in [1.807, 2.05) is 79.0 Å². The predicted molar refractivity (Wildman–Crippen MR) is 102 cm³/mol. The number of aryl methyl sites for hydroxylation is 2. The molecule has 4 nitrogen and oxygen atoms in total. The molecule has 0 aliphatic heterocycles. The lowest BCUT2D eigenvalue weighted by Gasteiger charge is -2.07. The highest BCUT2D eigenvalue weighted by Crippen LogP contribution is 2.30. The van der Waals surface area contributed by atoms with Gasteiger partial charge in [-0.3, -0.25) is 9.20 Å². The van der Waals surface area contributed by atoms with E-state index in [1.165, 1.54) is 0 Å². The Morgan fingerprint density at radius 3 is 2.56 bits per heavy atom. The summed E-state index contributed by atoms with van der Waals surface area (Å²) >= 11 is 1.63. The first kappa shape index (κ1) is 15.6. The van der Waals surface area contributed by atoms with Gasteiger partial charge in [0.2, 0.25) is 0 Å². The summed E-state index contributed by atoms with van der Waals surface area (Å²) in [6, 6.07) is 17.6. The van der Waals surface area contributed by atoms with Crippen LogP contribution in [0, 0.1) is 13.8 Å². The van der Waals surface area contributed by atoms with Crippen molar-refractivity contribution >= 4 is 28.7 Å². The Bertz CT molecular complexity index is 1060. The first-order valence-corrected chi connectivity index (χ1v) is 8.86. The van der Waals surface area contributed by atoms with Gasteiger partial charge in [-0.15, -0.1) is 11.3 Å². The molecule has 0 radical (unpaired) electrons. The smallest absolute Gasteiger partial charge is 0.257 e. The number of hydrogen-bond acceptors (Lipinski definition) is 3. The largest absolute Gasteiger partial charge is 0.306 e. The van der Waals surface area contributed by atoms with Crippen molar-refractivity contribution in [3.63, 3.8) is 0 Å². The molecule has 1 N–H and O–H groups in total. The second kappa shape index (κ2) is 6.18. The molecule has 4 aromatic rings. The van der Waals surface area contributed by atoms with Gasteiger partial charge in [0.1, 0.15) is 17.2 Å². The molecule has 1 aromatic carbocycles. The monoisotopic (exact) mass is 347 g/mol. The van der Waals surface area contributed by atoms with Crippen molar-refractivity contribution in [2.75, 3.05) is 5.32 Å². The number of anilines is 1. The van der Waals surface area contributed by atoms with Crippen LogP contribution in [0.4, 0.5) is 5.82 Å². The highest BCUT2D eigenvalue weighted by atomic mass is 32.1. The van der Waals surface area contributed by atoms with Crippen LogP contribution in [0.15, 0.2) is 60.8 Å². The number of rotatable bonds is 3. The van der Waals surface area contributed by atoms with Gasteiger partial charge in [0.05, 0.1) is 5.56 Å². The first-order chi connectivity index (χ1) is 12.1. The molecule has 4 rings (SSSR count). The summed E-state index contributed by atoms with van der Waals surface area (Å²) in [6.45, 7) is 3.98. The van der Waals surface area contributed by atoms with Crippen LogP contribution in [0.5, 0.6) is 0 Å².